The molecule has 0 aromatic heterocycles. The zero-order valence-electron chi connectivity index (χ0n) is 22.4. The van der Waals surface area contributed by atoms with Gasteiger partial charge in [0.2, 0.25) is 5.91 Å². The van der Waals surface area contributed by atoms with Crippen molar-refractivity contribution in [2.75, 3.05) is 12.3 Å². The SMILES string of the molecule is C[C@H](CC(=O)NCCS(=O)(=O)[O-])C[C@H]1CC[C@H]2[C@@H]3[C@H](O)C[C@@H]4C[C@H](O)CC[C@]4(C)[C@H]3C[C@H](O)[C@]12C.[Na+]. The summed E-state index contributed by atoms with van der Waals surface area (Å²) in [7, 11) is -4.35. The minimum absolute atomic E-state index is 0. The third-order valence-electron chi connectivity index (χ3n) is 10.8. The maximum atomic E-state index is 12.3. The molecule has 4 rings (SSSR count). The quantitative estimate of drug-likeness (QED) is 0.241. The molecule has 0 bridgehead atoms. The molecule has 0 radical (unpaired) electrons. The number of fused-ring (bicyclic) bond motifs is 5. The monoisotopic (exact) mass is 537 g/mol. The first kappa shape index (κ1) is 30.8. The van der Waals surface area contributed by atoms with Gasteiger partial charge < -0.3 is 25.2 Å². The van der Waals surface area contributed by atoms with E-state index in [2.05, 4.69) is 19.2 Å². The molecule has 10 heteroatoms. The minimum Gasteiger partial charge on any atom is -0.748 e. The summed E-state index contributed by atoms with van der Waals surface area (Å²) in [6.45, 7) is 6.35. The molecule has 4 aliphatic rings. The molecular formula is C26H44NNaO7S. The van der Waals surface area contributed by atoms with Gasteiger partial charge in [-0.25, -0.2) is 8.42 Å². The van der Waals surface area contributed by atoms with Gasteiger partial charge in [-0.1, -0.05) is 20.8 Å². The molecule has 0 spiro atoms. The largest absolute Gasteiger partial charge is 1.00 e. The molecule has 36 heavy (non-hydrogen) atoms. The minimum atomic E-state index is -4.35. The van der Waals surface area contributed by atoms with Crippen molar-refractivity contribution in [3.8, 4) is 0 Å². The predicted molar refractivity (Wildman–Crippen MR) is 130 cm³/mol. The molecule has 202 valence electrons. The van der Waals surface area contributed by atoms with Gasteiger partial charge in [0.15, 0.2) is 0 Å². The van der Waals surface area contributed by atoms with Crippen LogP contribution in [0.15, 0.2) is 0 Å². The fraction of sp³-hybridized carbons (Fsp3) is 0.962. The van der Waals surface area contributed by atoms with Crippen LogP contribution in [0.25, 0.3) is 0 Å². The van der Waals surface area contributed by atoms with Crippen LogP contribution in [0.1, 0.15) is 78.6 Å². The van der Waals surface area contributed by atoms with Crippen LogP contribution in [-0.2, 0) is 14.9 Å². The molecule has 0 aliphatic heterocycles. The van der Waals surface area contributed by atoms with Crippen LogP contribution in [-0.4, -0.2) is 64.8 Å². The number of hydrogen-bond donors (Lipinski definition) is 4. The van der Waals surface area contributed by atoms with E-state index < -0.39 is 28.1 Å². The van der Waals surface area contributed by atoms with E-state index in [1.54, 1.807) is 0 Å². The molecule has 4 N–H and O–H groups in total. The smallest absolute Gasteiger partial charge is 0.748 e. The van der Waals surface area contributed by atoms with Crippen molar-refractivity contribution in [2.24, 2.45) is 46.3 Å². The van der Waals surface area contributed by atoms with E-state index in [9.17, 15) is 33.1 Å². The van der Waals surface area contributed by atoms with Crippen molar-refractivity contribution >= 4 is 16.0 Å². The van der Waals surface area contributed by atoms with Crippen molar-refractivity contribution in [1.82, 2.24) is 5.32 Å². The normalized spacial score (nSPS) is 45.0. The van der Waals surface area contributed by atoms with Crippen molar-refractivity contribution in [3.05, 3.63) is 0 Å². The molecule has 0 unspecified atom stereocenters. The van der Waals surface area contributed by atoms with E-state index in [1.165, 1.54) is 0 Å². The maximum Gasteiger partial charge on any atom is 1.00 e. The number of aliphatic hydroxyl groups is 3. The van der Waals surface area contributed by atoms with Gasteiger partial charge >= 0.3 is 29.6 Å². The standard InChI is InChI=1S/C26H45NO7S.Na/c1-15(11-23(31)27-8-9-35(32,33)34)10-16-4-5-19-24-20(14-22(30)26(16,19)3)25(2)7-6-18(28)12-17(25)13-21(24)29;/h15-22,24,28-30H,4-14H2,1-3H3,(H,27,31)(H,32,33,34);/q;+1/p-1/t15-,16+,17-,18+,19-,20-,21+,22-,24-,25-,26+;/m0./s1. The van der Waals surface area contributed by atoms with Gasteiger partial charge in [0.05, 0.1) is 34.2 Å². The molecule has 1 amide bonds. The fourth-order valence-corrected chi connectivity index (χ4v) is 9.31. The molecule has 0 aromatic carbocycles. The van der Waals surface area contributed by atoms with E-state index in [0.717, 1.165) is 44.9 Å². The van der Waals surface area contributed by atoms with Gasteiger partial charge in [-0.15, -0.1) is 0 Å². The van der Waals surface area contributed by atoms with Gasteiger partial charge in [-0.2, -0.15) is 0 Å². The Hall–Kier alpha value is 0.260. The van der Waals surface area contributed by atoms with Crippen molar-refractivity contribution in [2.45, 2.75) is 96.9 Å². The topological polar surface area (TPSA) is 147 Å². The molecule has 4 aliphatic carbocycles. The molecule has 4 saturated carbocycles. The van der Waals surface area contributed by atoms with Gasteiger partial charge in [0, 0.05) is 13.0 Å². The van der Waals surface area contributed by atoms with Crippen molar-refractivity contribution in [1.29, 1.82) is 0 Å². The summed E-state index contributed by atoms with van der Waals surface area (Å²) in [4.78, 5) is 12.3. The van der Waals surface area contributed by atoms with Crippen LogP contribution in [0.2, 0.25) is 0 Å². The van der Waals surface area contributed by atoms with E-state index in [1.807, 2.05) is 6.92 Å². The van der Waals surface area contributed by atoms with Gasteiger partial charge in [-0.05, 0) is 97.7 Å². The molecular weight excluding hydrogens is 493 g/mol. The Morgan fingerprint density at radius 2 is 1.78 bits per heavy atom. The number of rotatable bonds is 7. The number of nitrogens with one attached hydrogen (secondary N) is 1. The molecule has 8 nitrogen and oxygen atoms in total. The van der Waals surface area contributed by atoms with Crippen molar-refractivity contribution in [3.63, 3.8) is 0 Å². The number of carbonyl (C=O) groups is 1. The van der Waals surface area contributed by atoms with Crippen LogP contribution in [0.4, 0.5) is 0 Å². The van der Waals surface area contributed by atoms with E-state index in [0.29, 0.717) is 12.3 Å². The maximum absolute atomic E-state index is 12.3. The fourth-order valence-electron chi connectivity index (χ4n) is 8.95. The second-order valence-electron chi connectivity index (χ2n) is 12.8. The Bertz CT molecular complexity index is 903. The first-order valence-electron chi connectivity index (χ1n) is 13.5. The van der Waals surface area contributed by atoms with Crippen LogP contribution < -0.4 is 34.9 Å². The number of aliphatic hydroxyl groups excluding tert-OH is 3. The Labute approximate surface area is 238 Å². The van der Waals surface area contributed by atoms with Gasteiger partial charge in [-0.3, -0.25) is 4.79 Å². The van der Waals surface area contributed by atoms with Gasteiger partial charge in [0.25, 0.3) is 0 Å². The average Bonchev–Trinajstić information content (AvgIpc) is 3.06. The summed E-state index contributed by atoms with van der Waals surface area (Å²) in [5.41, 5.74) is -0.257. The van der Waals surface area contributed by atoms with Crippen LogP contribution in [0, 0.1) is 46.3 Å². The first-order valence-corrected chi connectivity index (χ1v) is 15.1. The van der Waals surface area contributed by atoms with E-state index in [4.69, 9.17) is 0 Å². The van der Waals surface area contributed by atoms with E-state index in [-0.39, 0.29) is 95.0 Å². The molecule has 0 aromatic rings. The second-order valence-corrected chi connectivity index (χ2v) is 14.3. The zero-order valence-corrected chi connectivity index (χ0v) is 25.2. The Morgan fingerprint density at radius 3 is 2.44 bits per heavy atom. The molecule has 0 saturated heterocycles. The number of amides is 1. The Kier molecular flexibility index (Phi) is 9.75. The molecule has 11 atom stereocenters. The Morgan fingerprint density at radius 1 is 1.08 bits per heavy atom. The summed E-state index contributed by atoms with van der Waals surface area (Å²) >= 11 is 0. The zero-order chi connectivity index (χ0) is 25.8. The Balaban J connectivity index is 0.00000361. The number of carbonyl (C=O) groups excluding carboxylic acids is 1. The average molecular weight is 538 g/mol. The predicted octanol–water partition coefficient (Wildman–Crippen LogP) is -0.970. The third-order valence-corrected chi connectivity index (χ3v) is 11.6. The van der Waals surface area contributed by atoms with Crippen LogP contribution in [0.3, 0.4) is 0 Å². The number of hydrogen-bond acceptors (Lipinski definition) is 7. The summed E-state index contributed by atoms with van der Waals surface area (Å²) in [6.07, 6.45) is 5.75. The van der Waals surface area contributed by atoms with E-state index >= 15 is 0 Å². The van der Waals surface area contributed by atoms with Crippen LogP contribution >= 0.6 is 0 Å². The van der Waals surface area contributed by atoms with Crippen molar-refractivity contribution < 1.29 is 62.6 Å². The first-order chi connectivity index (χ1) is 16.3. The second kappa shape index (κ2) is 11.4. The summed E-state index contributed by atoms with van der Waals surface area (Å²) in [5.74, 6) is 0.405. The van der Waals surface area contributed by atoms with Crippen LogP contribution in [0.5, 0.6) is 0 Å². The van der Waals surface area contributed by atoms with Gasteiger partial charge in [0.1, 0.15) is 0 Å². The summed E-state index contributed by atoms with van der Waals surface area (Å²) in [5, 5.41) is 35.7. The third kappa shape index (κ3) is 5.88. The molecule has 0 heterocycles. The summed E-state index contributed by atoms with van der Waals surface area (Å²) < 4.78 is 32.2. The summed E-state index contributed by atoms with van der Waals surface area (Å²) in [6, 6.07) is 0. The molecule has 4 fully saturated rings.